The molecule has 4 N–H and O–H groups in total. The smallest absolute Gasteiger partial charge is 0.222 e. The molecule has 1 aliphatic heterocycles. The lowest BCUT2D eigenvalue weighted by atomic mass is 9.90. The molecule has 2 heterocycles. The summed E-state index contributed by atoms with van der Waals surface area (Å²) < 4.78 is 0. The van der Waals surface area contributed by atoms with Crippen molar-refractivity contribution in [1.82, 2.24) is 15.3 Å². The Morgan fingerprint density at radius 1 is 1.39 bits per heavy atom. The molecule has 2 rings (SSSR count). The summed E-state index contributed by atoms with van der Waals surface area (Å²) >= 11 is 0. The normalized spacial score (nSPS) is 15.3. The molecule has 1 aromatic rings. The van der Waals surface area contributed by atoms with Crippen molar-refractivity contribution in [2.75, 3.05) is 24.1 Å². The minimum atomic E-state index is 0.259. The van der Waals surface area contributed by atoms with Crippen LogP contribution in [0, 0.1) is 5.41 Å². The van der Waals surface area contributed by atoms with Crippen LogP contribution in [0.2, 0.25) is 0 Å². The van der Waals surface area contributed by atoms with Crippen LogP contribution in [-0.2, 0) is 13.0 Å². The van der Waals surface area contributed by atoms with Gasteiger partial charge in [-0.2, -0.15) is 4.98 Å². The molecular formula is C13H23N5. The van der Waals surface area contributed by atoms with Crippen LogP contribution in [0.3, 0.4) is 0 Å². The highest BCUT2D eigenvalue weighted by Crippen LogP contribution is 2.24. The predicted octanol–water partition coefficient (Wildman–Crippen LogP) is 1.55. The van der Waals surface area contributed by atoms with Gasteiger partial charge in [-0.05, 0) is 11.8 Å². The highest BCUT2D eigenvalue weighted by atomic mass is 15.1. The molecule has 0 saturated heterocycles. The van der Waals surface area contributed by atoms with Crippen molar-refractivity contribution in [3.63, 3.8) is 0 Å². The van der Waals surface area contributed by atoms with Crippen LogP contribution in [0.25, 0.3) is 0 Å². The molecule has 0 amide bonds. The summed E-state index contributed by atoms with van der Waals surface area (Å²) in [5.74, 6) is 1.26. The van der Waals surface area contributed by atoms with E-state index in [0.29, 0.717) is 5.95 Å². The zero-order valence-corrected chi connectivity index (χ0v) is 11.5. The number of hydrogen-bond acceptors (Lipinski definition) is 5. The van der Waals surface area contributed by atoms with Crippen LogP contribution in [0.4, 0.5) is 11.8 Å². The Balaban J connectivity index is 2.19. The van der Waals surface area contributed by atoms with Gasteiger partial charge >= 0.3 is 0 Å². The van der Waals surface area contributed by atoms with Crippen molar-refractivity contribution < 1.29 is 0 Å². The maximum Gasteiger partial charge on any atom is 0.222 e. The molecule has 1 aromatic heterocycles. The van der Waals surface area contributed by atoms with Crippen molar-refractivity contribution in [3.05, 3.63) is 11.3 Å². The zero-order chi connectivity index (χ0) is 13.2. The minimum absolute atomic E-state index is 0.259. The quantitative estimate of drug-likeness (QED) is 0.755. The molecule has 0 saturated carbocycles. The zero-order valence-electron chi connectivity index (χ0n) is 11.5. The standard InChI is InChI=1S/C13H23N5/c1-4-13(2,3)8-16-11-9-7-15-6-5-10(9)17-12(14)18-11/h15H,4-8H2,1-3H3,(H3,14,16,17,18). The van der Waals surface area contributed by atoms with Gasteiger partial charge in [-0.15, -0.1) is 0 Å². The lowest BCUT2D eigenvalue weighted by molar-refractivity contribution is 0.376. The van der Waals surface area contributed by atoms with Gasteiger partial charge in [-0.1, -0.05) is 20.8 Å². The molecule has 0 aliphatic carbocycles. The van der Waals surface area contributed by atoms with Crippen LogP contribution in [0.15, 0.2) is 0 Å². The lowest BCUT2D eigenvalue weighted by Crippen LogP contribution is -2.29. The van der Waals surface area contributed by atoms with Crippen molar-refractivity contribution in [1.29, 1.82) is 0 Å². The van der Waals surface area contributed by atoms with Gasteiger partial charge in [-0.25, -0.2) is 4.98 Å². The summed E-state index contributed by atoms with van der Waals surface area (Å²) in [6.45, 7) is 9.37. The van der Waals surface area contributed by atoms with E-state index in [1.54, 1.807) is 0 Å². The molecule has 5 nitrogen and oxygen atoms in total. The Kier molecular flexibility index (Phi) is 3.71. The van der Waals surface area contributed by atoms with Crippen LogP contribution < -0.4 is 16.4 Å². The van der Waals surface area contributed by atoms with Crippen molar-refractivity contribution in [2.45, 2.75) is 40.2 Å². The first-order valence-corrected chi connectivity index (χ1v) is 6.62. The second kappa shape index (κ2) is 5.10. The van der Waals surface area contributed by atoms with E-state index in [9.17, 15) is 0 Å². The third-order valence-corrected chi connectivity index (χ3v) is 3.64. The van der Waals surface area contributed by atoms with E-state index in [0.717, 1.165) is 44.0 Å². The molecule has 0 spiro atoms. The average Bonchev–Trinajstić information content (AvgIpc) is 2.36. The van der Waals surface area contributed by atoms with Crippen molar-refractivity contribution >= 4 is 11.8 Å². The fraction of sp³-hybridized carbons (Fsp3) is 0.692. The van der Waals surface area contributed by atoms with Crippen LogP contribution in [0.5, 0.6) is 0 Å². The molecule has 5 heteroatoms. The minimum Gasteiger partial charge on any atom is -0.369 e. The summed E-state index contributed by atoms with van der Waals surface area (Å²) in [7, 11) is 0. The third kappa shape index (κ3) is 2.90. The number of aromatic nitrogens is 2. The highest BCUT2D eigenvalue weighted by molar-refractivity contribution is 5.50. The van der Waals surface area contributed by atoms with E-state index >= 15 is 0 Å². The van der Waals surface area contributed by atoms with Crippen molar-refractivity contribution in [3.8, 4) is 0 Å². The molecule has 0 radical (unpaired) electrons. The summed E-state index contributed by atoms with van der Waals surface area (Å²) in [4.78, 5) is 8.67. The van der Waals surface area contributed by atoms with E-state index < -0.39 is 0 Å². The van der Waals surface area contributed by atoms with Gasteiger partial charge in [0.05, 0.1) is 5.69 Å². The van der Waals surface area contributed by atoms with Crippen LogP contribution >= 0.6 is 0 Å². The molecule has 18 heavy (non-hydrogen) atoms. The topological polar surface area (TPSA) is 75.9 Å². The lowest BCUT2D eigenvalue weighted by Gasteiger charge is -2.25. The highest BCUT2D eigenvalue weighted by Gasteiger charge is 2.19. The summed E-state index contributed by atoms with van der Waals surface area (Å²) in [6, 6.07) is 0. The van der Waals surface area contributed by atoms with Gasteiger partial charge in [0.15, 0.2) is 0 Å². The number of hydrogen-bond donors (Lipinski definition) is 3. The van der Waals surface area contributed by atoms with Crippen LogP contribution in [0.1, 0.15) is 38.4 Å². The Morgan fingerprint density at radius 2 is 2.17 bits per heavy atom. The number of nitrogens with zero attached hydrogens (tertiary/aromatic N) is 2. The Morgan fingerprint density at radius 3 is 2.89 bits per heavy atom. The van der Waals surface area contributed by atoms with Crippen LogP contribution in [-0.4, -0.2) is 23.1 Å². The molecule has 0 unspecified atom stereocenters. The van der Waals surface area contributed by atoms with Gasteiger partial charge in [0.2, 0.25) is 5.95 Å². The average molecular weight is 249 g/mol. The summed E-state index contributed by atoms with van der Waals surface area (Å²) in [5, 5.41) is 6.78. The van der Waals surface area contributed by atoms with E-state index in [4.69, 9.17) is 5.73 Å². The second-order valence-corrected chi connectivity index (χ2v) is 5.65. The first kappa shape index (κ1) is 13.1. The van der Waals surface area contributed by atoms with E-state index in [-0.39, 0.29) is 5.41 Å². The molecule has 0 aromatic carbocycles. The van der Waals surface area contributed by atoms with Gasteiger partial charge in [0, 0.05) is 31.6 Å². The first-order valence-electron chi connectivity index (χ1n) is 6.62. The van der Waals surface area contributed by atoms with E-state index in [1.165, 1.54) is 5.56 Å². The number of nitrogens with two attached hydrogens (primary N) is 1. The first-order chi connectivity index (χ1) is 8.52. The summed E-state index contributed by atoms with van der Waals surface area (Å²) in [6.07, 6.45) is 2.05. The molecule has 0 bridgehead atoms. The van der Waals surface area contributed by atoms with Gasteiger partial charge in [-0.3, -0.25) is 0 Å². The maximum absolute atomic E-state index is 5.77. The van der Waals surface area contributed by atoms with Gasteiger partial charge in [0.1, 0.15) is 5.82 Å². The van der Waals surface area contributed by atoms with Gasteiger partial charge < -0.3 is 16.4 Å². The Bertz CT molecular complexity index is 428. The molecule has 0 fully saturated rings. The summed E-state index contributed by atoms with van der Waals surface area (Å²) in [5.41, 5.74) is 8.28. The molecule has 1 aliphatic rings. The molecule has 0 atom stereocenters. The fourth-order valence-corrected chi connectivity index (χ4v) is 1.96. The van der Waals surface area contributed by atoms with Crippen molar-refractivity contribution in [2.24, 2.45) is 5.41 Å². The fourth-order valence-electron chi connectivity index (χ4n) is 1.96. The van der Waals surface area contributed by atoms with E-state index in [1.807, 2.05) is 0 Å². The molecular weight excluding hydrogens is 226 g/mol. The molecule has 100 valence electrons. The Hall–Kier alpha value is -1.36. The number of rotatable bonds is 4. The largest absolute Gasteiger partial charge is 0.369 e. The predicted molar refractivity (Wildman–Crippen MR) is 74.4 cm³/mol. The number of nitrogen functional groups attached to an aromatic ring is 1. The third-order valence-electron chi connectivity index (χ3n) is 3.64. The monoisotopic (exact) mass is 249 g/mol. The van der Waals surface area contributed by atoms with Gasteiger partial charge in [0.25, 0.3) is 0 Å². The SMILES string of the molecule is CCC(C)(C)CNc1nc(N)nc2c1CNCC2. The van der Waals surface area contributed by atoms with E-state index in [2.05, 4.69) is 41.4 Å². The second-order valence-electron chi connectivity index (χ2n) is 5.65. The number of anilines is 2. The number of nitrogens with one attached hydrogen (secondary N) is 2. The maximum atomic E-state index is 5.77. The number of fused-ring (bicyclic) bond motifs is 1. The Labute approximate surface area is 109 Å².